The number of amides is 1. The molecule has 0 atom stereocenters. The van der Waals surface area contributed by atoms with Crippen LogP contribution < -0.4 is 10.9 Å². The van der Waals surface area contributed by atoms with Gasteiger partial charge in [0.05, 0.1) is 23.9 Å². The first-order chi connectivity index (χ1) is 11.2. The van der Waals surface area contributed by atoms with E-state index in [0.717, 1.165) is 0 Å². The number of rotatable bonds is 5. The number of carbonyl (C=O) groups excluding carboxylic acids is 1. The lowest BCUT2D eigenvalue weighted by Gasteiger charge is -2.11. The Balaban J connectivity index is 2.02. The molecule has 7 heteroatoms. The summed E-state index contributed by atoms with van der Waals surface area (Å²) in [6.07, 6.45) is 5.44. The zero-order valence-electron chi connectivity index (χ0n) is 12.3. The first kappa shape index (κ1) is 14.7. The average molecular weight is 309 g/mol. The van der Waals surface area contributed by atoms with Crippen molar-refractivity contribution in [2.45, 2.75) is 12.8 Å². The van der Waals surface area contributed by atoms with Gasteiger partial charge in [0, 0.05) is 6.42 Å². The van der Waals surface area contributed by atoms with Gasteiger partial charge in [-0.3, -0.25) is 9.59 Å². The van der Waals surface area contributed by atoms with Gasteiger partial charge in [-0.1, -0.05) is 18.2 Å². The summed E-state index contributed by atoms with van der Waals surface area (Å²) in [5, 5.41) is 7.46. The molecule has 1 amide bonds. The third kappa shape index (κ3) is 2.89. The molecule has 2 heterocycles. The lowest BCUT2D eigenvalue weighted by atomic mass is 10.2. The maximum atomic E-state index is 12.0. The van der Waals surface area contributed by atoms with Crippen LogP contribution in [0.3, 0.4) is 0 Å². The normalized spacial score (nSPS) is 10.6. The topological polar surface area (TPSA) is 92.7 Å². The van der Waals surface area contributed by atoms with Crippen molar-refractivity contribution < 1.29 is 4.79 Å². The molecule has 0 aliphatic heterocycles. The largest absolute Gasteiger partial charge is 0.324 e. The van der Waals surface area contributed by atoms with Crippen molar-refractivity contribution in [2.24, 2.45) is 0 Å². The van der Waals surface area contributed by atoms with Crippen LogP contribution in [0.4, 0.5) is 5.69 Å². The Morgan fingerprint density at radius 2 is 2.22 bits per heavy atom. The minimum Gasteiger partial charge on any atom is -0.324 e. The van der Waals surface area contributed by atoms with Crippen molar-refractivity contribution in [1.82, 2.24) is 19.7 Å². The van der Waals surface area contributed by atoms with Crippen molar-refractivity contribution in [3.8, 4) is 5.69 Å². The van der Waals surface area contributed by atoms with Gasteiger partial charge in [0.25, 0.3) is 5.56 Å². The van der Waals surface area contributed by atoms with Crippen LogP contribution in [0.1, 0.15) is 12.8 Å². The summed E-state index contributed by atoms with van der Waals surface area (Å²) in [7, 11) is 0. The highest BCUT2D eigenvalue weighted by Gasteiger charge is 2.13. The number of allylic oxidation sites excluding steroid dienone is 1. The summed E-state index contributed by atoms with van der Waals surface area (Å²) < 4.78 is 1.54. The van der Waals surface area contributed by atoms with Gasteiger partial charge >= 0.3 is 0 Å². The molecule has 0 aliphatic carbocycles. The van der Waals surface area contributed by atoms with E-state index in [1.807, 2.05) is 12.1 Å². The van der Waals surface area contributed by atoms with Crippen LogP contribution >= 0.6 is 0 Å². The van der Waals surface area contributed by atoms with Gasteiger partial charge in [-0.25, -0.2) is 9.67 Å². The van der Waals surface area contributed by atoms with Crippen LogP contribution in [-0.4, -0.2) is 25.7 Å². The van der Waals surface area contributed by atoms with E-state index in [9.17, 15) is 9.59 Å². The number of anilines is 1. The van der Waals surface area contributed by atoms with Crippen LogP contribution in [0.15, 0.2) is 54.2 Å². The van der Waals surface area contributed by atoms with Gasteiger partial charge in [0.2, 0.25) is 5.91 Å². The van der Waals surface area contributed by atoms with Crippen LogP contribution in [0.2, 0.25) is 0 Å². The van der Waals surface area contributed by atoms with E-state index in [1.54, 1.807) is 18.2 Å². The molecule has 0 saturated carbocycles. The fourth-order valence-corrected chi connectivity index (χ4v) is 2.24. The Morgan fingerprint density at radius 1 is 1.39 bits per heavy atom. The summed E-state index contributed by atoms with van der Waals surface area (Å²) in [5.74, 6) is -0.111. The van der Waals surface area contributed by atoms with E-state index >= 15 is 0 Å². The number of H-pyrrole nitrogens is 1. The highest BCUT2D eigenvalue weighted by atomic mass is 16.1. The average Bonchev–Trinajstić information content (AvgIpc) is 2.99. The molecule has 1 aromatic carbocycles. The van der Waals surface area contributed by atoms with Crippen molar-refractivity contribution in [2.75, 3.05) is 5.32 Å². The predicted octanol–water partition coefficient (Wildman–Crippen LogP) is 2.01. The number of benzene rings is 1. The molecule has 2 N–H and O–H groups in total. The van der Waals surface area contributed by atoms with E-state index in [4.69, 9.17) is 0 Å². The Morgan fingerprint density at radius 3 is 3.04 bits per heavy atom. The Labute approximate surface area is 131 Å². The number of nitrogens with zero attached hydrogens (tertiary/aromatic N) is 3. The minimum atomic E-state index is -0.256. The molecular formula is C16H15N5O2. The van der Waals surface area contributed by atoms with Crippen LogP contribution in [-0.2, 0) is 4.79 Å². The van der Waals surface area contributed by atoms with E-state index in [1.165, 1.54) is 17.2 Å². The molecule has 2 aromatic heterocycles. The smallest absolute Gasteiger partial charge is 0.261 e. The maximum Gasteiger partial charge on any atom is 0.261 e. The van der Waals surface area contributed by atoms with E-state index in [2.05, 4.69) is 27.0 Å². The second kappa shape index (κ2) is 6.27. The molecule has 116 valence electrons. The van der Waals surface area contributed by atoms with Crippen molar-refractivity contribution in [1.29, 1.82) is 0 Å². The SMILES string of the molecule is C=CCCC(=O)Nc1ccccc1-n1ncc2c(=O)[nH]cnc21. The molecule has 7 nitrogen and oxygen atoms in total. The maximum absolute atomic E-state index is 12.0. The standard InChI is InChI=1S/C16H15N5O2/c1-2-3-8-14(22)20-12-6-4-5-7-13(12)21-15-11(9-19-21)16(23)18-10-17-15/h2,4-7,9-10H,1,3,8H2,(H,20,22)(H,17,18,23). The lowest BCUT2D eigenvalue weighted by Crippen LogP contribution is -2.13. The number of nitrogens with one attached hydrogen (secondary N) is 2. The number of aromatic nitrogens is 4. The van der Waals surface area contributed by atoms with Gasteiger partial charge in [-0.15, -0.1) is 6.58 Å². The van der Waals surface area contributed by atoms with E-state index in [-0.39, 0.29) is 11.5 Å². The third-order valence-electron chi connectivity index (χ3n) is 3.35. The van der Waals surface area contributed by atoms with Gasteiger partial charge in [-0.05, 0) is 18.6 Å². The van der Waals surface area contributed by atoms with Gasteiger partial charge in [-0.2, -0.15) is 5.10 Å². The molecular weight excluding hydrogens is 294 g/mol. The second-order valence-electron chi connectivity index (χ2n) is 4.92. The van der Waals surface area contributed by atoms with Crippen LogP contribution in [0.25, 0.3) is 16.7 Å². The molecule has 0 spiro atoms. The van der Waals surface area contributed by atoms with Gasteiger partial charge < -0.3 is 10.3 Å². The lowest BCUT2D eigenvalue weighted by molar-refractivity contribution is -0.116. The third-order valence-corrected chi connectivity index (χ3v) is 3.35. The predicted molar refractivity (Wildman–Crippen MR) is 87.5 cm³/mol. The molecule has 23 heavy (non-hydrogen) atoms. The van der Waals surface area contributed by atoms with Crippen molar-refractivity contribution >= 4 is 22.6 Å². The van der Waals surface area contributed by atoms with Crippen molar-refractivity contribution in [3.05, 3.63) is 59.8 Å². The number of aromatic amines is 1. The monoisotopic (exact) mass is 309 g/mol. The Bertz CT molecular complexity index is 925. The highest BCUT2D eigenvalue weighted by Crippen LogP contribution is 2.22. The van der Waals surface area contributed by atoms with Gasteiger partial charge in [0.1, 0.15) is 5.39 Å². The molecule has 0 bridgehead atoms. The number of para-hydroxylation sites is 2. The fourth-order valence-electron chi connectivity index (χ4n) is 2.24. The molecule has 0 aliphatic rings. The molecule has 3 rings (SSSR count). The molecule has 3 aromatic rings. The summed E-state index contributed by atoms with van der Waals surface area (Å²) in [5.41, 5.74) is 1.43. The Hall–Kier alpha value is -3.22. The molecule has 0 saturated heterocycles. The molecule has 0 unspecified atom stereocenters. The number of hydrogen-bond donors (Lipinski definition) is 2. The second-order valence-corrected chi connectivity index (χ2v) is 4.92. The summed E-state index contributed by atoms with van der Waals surface area (Å²) >= 11 is 0. The van der Waals surface area contributed by atoms with Gasteiger partial charge in [0.15, 0.2) is 5.65 Å². The van der Waals surface area contributed by atoms with E-state index in [0.29, 0.717) is 35.2 Å². The van der Waals surface area contributed by atoms with Crippen LogP contribution in [0, 0.1) is 0 Å². The fraction of sp³-hybridized carbons (Fsp3) is 0.125. The minimum absolute atomic E-state index is 0.111. The molecule has 0 radical (unpaired) electrons. The number of hydrogen-bond acceptors (Lipinski definition) is 4. The molecule has 0 fully saturated rings. The summed E-state index contributed by atoms with van der Waals surface area (Å²) in [6, 6.07) is 7.23. The number of fused-ring (bicyclic) bond motifs is 1. The summed E-state index contributed by atoms with van der Waals surface area (Å²) in [4.78, 5) is 30.4. The zero-order chi connectivity index (χ0) is 16.2. The summed E-state index contributed by atoms with van der Waals surface area (Å²) in [6.45, 7) is 3.61. The van der Waals surface area contributed by atoms with Crippen molar-refractivity contribution in [3.63, 3.8) is 0 Å². The quantitative estimate of drug-likeness (QED) is 0.705. The van der Waals surface area contributed by atoms with Crippen LogP contribution in [0.5, 0.6) is 0 Å². The highest BCUT2D eigenvalue weighted by molar-refractivity contribution is 5.93. The van der Waals surface area contributed by atoms with E-state index < -0.39 is 0 Å². The number of carbonyl (C=O) groups is 1. The zero-order valence-corrected chi connectivity index (χ0v) is 12.3. The first-order valence-electron chi connectivity index (χ1n) is 7.12. The first-order valence-corrected chi connectivity index (χ1v) is 7.12. The Kier molecular flexibility index (Phi) is 4.01.